The second-order valence-corrected chi connectivity index (χ2v) is 15.5. The summed E-state index contributed by atoms with van der Waals surface area (Å²) < 4.78 is 16.7. The first-order valence-electron chi connectivity index (χ1n) is 17.8. The van der Waals surface area contributed by atoms with Gasteiger partial charge in [-0.25, -0.2) is 14.8 Å². The van der Waals surface area contributed by atoms with Crippen molar-refractivity contribution in [1.29, 1.82) is 0 Å². The number of piperazine rings is 1. The topological polar surface area (TPSA) is 110 Å². The summed E-state index contributed by atoms with van der Waals surface area (Å²) in [5, 5.41) is 5.16. The Labute approximate surface area is 339 Å². The van der Waals surface area contributed by atoms with E-state index in [0.29, 0.717) is 58.4 Å². The minimum Gasteiger partial charge on any atom is -0.352 e. The molecule has 0 unspecified atom stereocenters. The van der Waals surface area contributed by atoms with E-state index in [-0.39, 0.29) is 38.2 Å². The molecule has 0 spiro atoms. The normalized spacial score (nSPS) is 20.1. The van der Waals surface area contributed by atoms with Crippen LogP contribution in [0.25, 0.3) is 0 Å². The molecule has 0 saturated carbocycles. The molecule has 0 radical (unpaired) electrons. The van der Waals surface area contributed by atoms with Crippen molar-refractivity contribution in [2.45, 2.75) is 44.1 Å². The predicted octanol–water partition coefficient (Wildman–Crippen LogP) is 6.62. The molecule has 2 aromatic heterocycles. The Hall–Kier alpha value is -4.14. The average Bonchev–Trinajstić information content (AvgIpc) is 3.93. The van der Waals surface area contributed by atoms with Crippen molar-refractivity contribution in [2.75, 3.05) is 32.8 Å². The van der Waals surface area contributed by atoms with Gasteiger partial charge in [-0.15, -0.1) is 0 Å². The molecular formula is C39H40Cl4N8O4. The number of aryl methyl sites for hydroxylation is 1. The molecule has 5 aromatic rings. The fraction of sp³-hybridized carbons (Fsp3) is 0.333. The third-order valence-electron chi connectivity index (χ3n) is 9.80. The van der Waals surface area contributed by atoms with Gasteiger partial charge < -0.3 is 33.7 Å². The lowest BCUT2D eigenvalue weighted by Gasteiger charge is -2.42. The van der Waals surface area contributed by atoms with Crippen LogP contribution in [0.3, 0.4) is 0 Å². The van der Waals surface area contributed by atoms with E-state index in [2.05, 4.69) is 20.2 Å². The molecule has 3 aromatic carbocycles. The Morgan fingerprint density at radius 2 is 1.65 bits per heavy atom. The Morgan fingerprint density at radius 1 is 0.927 bits per heavy atom. The number of imidazole rings is 2. The number of urea groups is 1. The van der Waals surface area contributed by atoms with E-state index in [1.54, 1.807) is 65.2 Å². The highest BCUT2D eigenvalue weighted by atomic mass is 35.5. The van der Waals surface area contributed by atoms with E-state index in [1.807, 2.05) is 58.8 Å². The summed E-state index contributed by atoms with van der Waals surface area (Å²) in [5.41, 5.74) is 3.33. The molecule has 1 N–H and O–H groups in total. The number of ether oxygens (including phenoxy) is 2. The van der Waals surface area contributed by atoms with Crippen molar-refractivity contribution in [3.05, 3.63) is 140 Å². The van der Waals surface area contributed by atoms with Crippen LogP contribution in [0.2, 0.25) is 20.1 Å². The van der Waals surface area contributed by atoms with Crippen LogP contribution in [0, 0.1) is 0 Å². The quantitative estimate of drug-likeness (QED) is 0.151. The molecule has 4 heterocycles. The van der Waals surface area contributed by atoms with Gasteiger partial charge in [-0.05, 0) is 47.5 Å². The first-order valence-corrected chi connectivity index (χ1v) is 19.3. The largest absolute Gasteiger partial charge is 0.352 e. The molecular weight excluding hydrogens is 786 g/mol. The number of benzene rings is 3. The van der Waals surface area contributed by atoms with Crippen molar-refractivity contribution >= 4 is 58.3 Å². The van der Waals surface area contributed by atoms with E-state index in [4.69, 9.17) is 55.9 Å². The molecule has 0 aliphatic carbocycles. The summed E-state index contributed by atoms with van der Waals surface area (Å²) in [4.78, 5) is 42.7. The van der Waals surface area contributed by atoms with Crippen molar-refractivity contribution < 1.29 is 19.1 Å². The summed E-state index contributed by atoms with van der Waals surface area (Å²) in [6.07, 6.45) is 8.17. The summed E-state index contributed by atoms with van der Waals surface area (Å²) in [6, 6.07) is 19.2. The van der Waals surface area contributed by atoms with Gasteiger partial charge >= 0.3 is 6.03 Å². The van der Waals surface area contributed by atoms with Gasteiger partial charge in [0, 0.05) is 92.1 Å². The number of hydrogen-bond acceptors (Lipinski definition) is 7. The minimum absolute atomic E-state index is 0.162. The number of hydrogen-bond donors (Lipinski definition) is 1. The van der Waals surface area contributed by atoms with E-state index in [1.165, 1.54) is 0 Å². The number of carbonyl (C=O) groups excluding carboxylic acids is 2. The first-order chi connectivity index (χ1) is 26.5. The van der Waals surface area contributed by atoms with E-state index >= 15 is 0 Å². The number of amides is 3. The van der Waals surface area contributed by atoms with Crippen molar-refractivity contribution in [1.82, 2.24) is 39.1 Å². The van der Waals surface area contributed by atoms with Crippen LogP contribution in [0.5, 0.6) is 0 Å². The molecule has 2 fully saturated rings. The number of carbonyl (C=O) groups is 2. The summed E-state index contributed by atoms with van der Waals surface area (Å²) in [7, 11) is 1.92. The van der Waals surface area contributed by atoms with Gasteiger partial charge in [0.2, 0.25) is 11.7 Å². The Kier molecular flexibility index (Phi) is 12.3. The summed E-state index contributed by atoms with van der Waals surface area (Å²) in [6.45, 7) is 2.78. The number of nitrogens with one attached hydrogen (secondary N) is 1. The van der Waals surface area contributed by atoms with Crippen LogP contribution in [-0.2, 0) is 53.3 Å². The van der Waals surface area contributed by atoms with Crippen LogP contribution < -0.4 is 5.32 Å². The van der Waals surface area contributed by atoms with Gasteiger partial charge in [-0.1, -0.05) is 76.7 Å². The second kappa shape index (κ2) is 17.3. The molecule has 55 heavy (non-hydrogen) atoms. The van der Waals surface area contributed by atoms with Crippen LogP contribution in [-0.4, -0.2) is 90.7 Å². The maximum Gasteiger partial charge on any atom is 0.320 e. The van der Waals surface area contributed by atoms with Crippen molar-refractivity contribution in [3.8, 4) is 0 Å². The molecule has 2 aliphatic heterocycles. The lowest BCUT2D eigenvalue weighted by atomic mass is 10.1. The van der Waals surface area contributed by atoms with Gasteiger partial charge in [0.1, 0.15) is 12.1 Å². The first kappa shape index (κ1) is 39.1. The second-order valence-electron chi connectivity index (χ2n) is 13.7. The lowest BCUT2D eigenvalue weighted by molar-refractivity contribution is -0.186. The van der Waals surface area contributed by atoms with Gasteiger partial charge in [-0.3, -0.25) is 9.69 Å². The molecule has 3 atom stereocenters. The highest BCUT2D eigenvalue weighted by Gasteiger charge is 2.45. The van der Waals surface area contributed by atoms with Gasteiger partial charge in [-0.2, -0.15) is 0 Å². The summed E-state index contributed by atoms with van der Waals surface area (Å²) >= 11 is 25.5. The van der Waals surface area contributed by atoms with Crippen molar-refractivity contribution in [2.24, 2.45) is 7.05 Å². The van der Waals surface area contributed by atoms with Gasteiger partial charge in [0.25, 0.3) is 0 Å². The smallest absolute Gasteiger partial charge is 0.320 e. The SMILES string of the molecule is Cn1cncc1CN1CCN(C(=O)N(Cc2cccc(Cl)c2)Cc2cccc(Cl)c2)C[C@H]1C(=O)NC[C@@H]1CO[C@@](Cn2ccnc2)(c2ccc(Cl)cc2Cl)O1. The minimum atomic E-state index is -1.24. The highest BCUT2D eigenvalue weighted by Crippen LogP contribution is 2.40. The molecule has 0 bridgehead atoms. The predicted molar refractivity (Wildman–Crippen MR) is 211 cm³/mol. The monoisotopic (exact) mass is 824 g/mol. The van der Waals surface area contributed by atoms with Crippen LogP contribution in [0.15, 0.2) is 98.0 Å². The molecule has 2 saturated heterocycles. The zero-order chi connectivity index (χ0) is 38.5. The number of nitrogens with zero attached hydrogens (tertiary/aromatic N) is 7. The fourth-order valence-electron chi connectivity index (χ4n) is 7.01. The summed E-state index contributed by atoms with van der Waals surface area (Å²) in [5.74, 6) is -1.48. The Balaban J connectivity index is 1.09. The molecule has 2 aliphatic rings. The average molecular weight is 827 g/mol. The fourth-order valence-corrected chi connectivity index (χ4v) is 7.98. The standard InChI is InChI=1S/C39H40Cl4N8O4/c1-47-25-45-17-32(47)21-49-12-13-50(38(53)51(19-27-4-2-6-29(40)14-27)20-28-5-3-7-30(41)15-28)22-36(49)37(52)46-18-33-23-54-39(55-33,24-48-11-10-44-26-48)34-9-8-31(42)16-35(34)43/h2-11,14-17,25-26,33,36H,12-13,18-24H2,1H3,(H,46,52)/t33-,36+,39-/m1/s1. The number of halogens is 4. The van der Waals surface area contributed by atoms with Gasteiger partial charge in [0.05, 0.1) is 36.5 Å². The molecule has 288 valence electrons. The Morgan fingerprint density at radius 3 is 2.29 bits per heavy atom. The lowest BCUT2D eigenvalue weighted by Crippen LogP contribution is -2.61. The maximum atomic E-state index is 14.4. The number of rotatable bonds is 12. The van der Waals surface area contributed by atoms with Crippen molar-refractivity contribution in [3.63, 3.8) is 0 Å². The van der Waals surface area contributed by atoms with Crippen LogP contribution in [0.1, 0.15) is 22.4 Å². The van der Waals surface area contributed by atoms with E-state index < -0.39 is 17.9 Å². The molecule has 3 amide bonds. The molecule has 16 heteroatoms. The zero-order valence-corrected chi connectivity index (χ0v) is 33.1. The van der Waals surface area contributed by atoms with Gasteiger partial charge in [0.15, 0.2) is 0 Å². The third-order valence-corrected chi connectivity index (χ3v) is 10.8. The maximum absolute atomic E-state index is 14.4. The van der Waals surface area contributed by atoms with E-state index in [0.717, 1.165) is 16.8 Å². The number of aromatic nitrogens is 4. The van der Waals surface area contributed by atoms with Crippen LogP contribution in [0.4, 0.5) is 4.79 Å². The van der Waals surface area contributed by atoms with E-state index in [9.17, 15) is 9.59 Å². The molecule has 12 nitrogen and oxygen atoms in total. The van der Waals surface area contributed by atoms with Crippen LogP contribution >= 0.6 is 46.4 Å². The zero-order valence-electron chi connectivity index (χ0n) is 30.0. The highest BCUT2D eigenvalue weighted by molar-refractivity contribution is 6.35. The Bertz CT molecular complexity index is 2070. The molecule has 7 rings (SSSR count). The third kappa shape index (κ3) is 9.46.